The third kappa shape index (κ3) is 6.27. The number of hydrogen-bond donors (Lipinski definition) is 0. The van der Waals surface area contributed by atoms with Crippen molar-refractivity contribution in [2.75, 3.05) is 13.2 Å². The molecule has 0 heterocycles. The SMILES string of the molecule is C#CCOC(=C)/C=c1/cc(OCC#C)c(CCC(C)C)c/c1=C/C. The van der Waals surface area contributed by atoms with Crippen molar-refractivity contribution in [1.29, 1.82) is 0 Å². The number of aryl methyl sites for hydroxylation is 1. The molecule has 1 aromatic rings. The normalized spacial score (nSPS) is 11.9. The molecule has 0 spiro atoms. The van der Waals surface area contributed by atoms with E-state index in [4.69, 9.17) is 22.3 Å². The molecule has 0 aromatic heterocycles. The highest BCUT2D eigenvalue weighted by Crippen LogP contribution is 2.18. The van der Waals surface area contributed by atoms with Crippen LogP contribution in [0.1, 0.15) is 32.8 Å². The average molecular weight is 322 g/mol. The molecule has 0 unspecified atom stereocenters. The van der Waals surface area contributed by atoms with Crippen molar-refractivity contribution >= 4 is 12.2 Å². The van der Waals surface area contributed by atoms with Crippen LogP contribution in [-0.2, 0) is 11.2 Å². The molecule has 2 nitrogen and oxygen atoms in total. The van der Waals surface area contributed by atoms with E-state index >= 15 is 0 Å². The number of allylic oxidation sites excluding steroid dienone is 1. The zero-order chi connectivity index (χ0) is 17.9. The lowest BCUT2D eigenvalue weighted by Crippen LogP contribution is -2.26. The third-order valence-electron chi connectivity index (χ3n) is 3.54. The summed E-state index contributed by atoms with van der Waals surface area (Å²) < 4.78 is 11.1. The maximum atomic E-state index is 5.75. The van der Waals surface area contributed by atoms with Crippen LogP contribution in [-0.4, -0.2) is 13.2 Å². The van der Waals surface area contributed by atoms with Crippen LogP contribution in [0.3, 0.4) is 0 Å². The minimum atomic E-state index is 0.202. The summed E-state index contributed by atoms with van der Waals surface area (Å²) in [6.45, 7) is 10.8. The predicted molar refractivity (Wildman–Crippen MR) is 102 cm³/mol. The molecular weight excluding hydrogens is 296 g/mol. The molecule has 24 heavy (non-hydrogen) atoms. The smallest absolute Gasteiger partial charge is 0.148 e. The van der Waals surface area contributed by atoms with Gasteiger partial charge in [0.15, 0.2) is 0 Å². The topological polar surface area (TPSA) is 18.5 Å². The number of terminal acetylenes is 2. The number of rotatable bonds is 8. The Morgan fingerprint density at radius 2 is 1.92 bits per heavy atom. The summed E-state index contributed by atoms with van der Waals surface area (Å²) >= 11 is 0. The van der Waals surface area contributed by atoms with E-state index in [-0.39, 0.29) is 13.2 Å². The highest BCUT2D eigenvalue weighted by molar-refractivity contribution is 5.47. The molecule has 1 rings (SSSR count). The fourth-order valence-electron chi connectivity index (χ4n) is 2.28. The molecule has 0 aliphatic heterocycles. The van der Waals surface area contributed by atoms with Crippen molar-refractivity contribution in [3.8, 4) is 30.4 Å². The second-order valence-electron chi connectivity index (χ2n) is 5.91. The minimum absolute atomic E-state index is 0.202. The minimum Gasteiger partial charge on any atom is -0.482 e. The third-order valence-corrected chi connectivity index (χ3v) is 3.54. The Hall–Kier alpha value is -2.58. The van der Waals surface area contributed by atoms with E-state index < -0.39 is 0 Å². The summed E-state index contributed by atoms with van der Waals surface area (Å²) in [5.74, 6) is 6.92. The van der Waals surface area contributed by atoms with Crippen LogP contribution < -0.4 is 15.2 Å². The summed E-state index contributed by atoms with van der Waals surface area (Å²) in [7, 11) is 0. The molecule has 2 heteroatoms. The Morgan fingerprint density at radius 1 is 1.21 bits per heavy atom. The van der Waals surface area contributed by atoms with Crippen LogP contribution in [0.2, 0.25) is 0 Å². The van der Waals surface area contributed by atoms with Crippen LogP contribution in [0.25, 0.3) is 12.2 Å². The van der Waals surface area contributed by atoms with Crippen molar-refractivity contribution in [2.24, 2.45) is 5.92 Å². The van der Waals surface area contributed by atoms with Gasteiger partial charge in [-0.15, -0.1) is 12.8 Å². The summed E-state index contributed by atoms with van der Waals surface area (Å²) in [5, 5.41) is 2.08. The van der Waals surface area contributed by atoms with Crippen LogP contribution in [0.5, 0.6) is 5.75 Å². The van der Waals surface area contributed by atoms with Gasteiger partial charge >= 0.3 is 0 Å². The molecule has 0 aliphatic carbocycles. The van der Waals surface area contributed by atoms with Gasteiger partial charge in [0.2, 0.25) is 0 Å². The molecule has 126 valence electrons. The molecule has 0 fully saturated rings. The average Bonchev–Trinajstić information content (AvgIpc) is 2.56. The van der Waals surface area contributed by atoms with Gasteiger partial charge in [-0.2, -0.15) is 0 Å². The van der Waals surface area contributed by atoms with Gasteiger partial charge < -0.3 is 9.47 Å². The van der Waals surface area contributed by atoms with Crippen molar-refractivity contribution in [3.05, 3.63) is 40.5 Å². The van der Waals surface area contributed by atoms with E-state index in [0.29, 0.717) is 11.7 Å². The molecule has 0 atom stereocenters. The quantitative estimate of drug-likeness (QED) is 0.541. The Labute approximate surface area is 145 Å². The molecule has 0 saturated carbocycles. The van der Waals surface area contributed by atoms with Gasteiger partial charge in [0, 0.05) is 0 Å². The molecule has 1 aromatic carbocycles. The first kappa shape index (κ1) is 19.5. The first-order valence-electron chi connectivity index (χ1n) is 8.14. The second kappa shape index (κ2) is 10.2. The Morgan fingerprint density at radius 3 is 2.50 bits per heavy atom. The highest BCUT2D eigenvalue weighted by Gasteiger charge is 2.06. The molecule has 0 N–H and O–H groups in total. The fraction of sp³-hybridized carbons (Fsp3) is 0.364. The van der Waals surface area contributed by atoms with E-state index in [1.54, 1.807) is 0 Å². The van der Waals surface area contributed by atoms with Gasteiger partial charge in [-0.3, -0.25) is 0 Å². The molecule has 0 bridgehead atoms. The van der Waals surface area contributed by atoms with Gasteiger partial charge in [0.05, 0.1) is 0 Å². The van der Waals surface area contributed by atoms with Crippen LogP contribution >= 0.6 is 0 Å². The predicted octanol–water partition coefficient (Wildman–Crippen LogP) is 3.03. The lowest BCUT2D eigenvalue weighted by atomic mass is 10.00. The summed E-state index contributed by atoms with van der Waals surface area (Å²) in [6, 6.07) is 4.14. The Balaban J connectivity index is 3.30. The lowest BCUT2D eigenvalue weighted by molar-refractivity contribution is 0.275. The molecule has 0 radical (unpaired) electrons. The fourth-order valence-corrected chi connectivity index (χ4v) is 2.28. The summed E-state index contributed by atoms with van der Waals surface area (Å²) in [6.07, 6.45) is 16.5. The van der Waals surface area contributed by atoms with Crippen molar-refractivity contribution in [3.63, 3.8) is 0 Å². The molecule has 0 aliphatic rings. The zero-order valence-electron chi connectivity index (χ0n) is 14.9. The van der Waals surface area contributed by atoms with Crippen LogP contribution in [0.4, 0.5) is 0 Å². The van der Waals surface area contributed by atoms with E-state index in [2.05, 4.69) is 44.4 Å². The van der Waals surface area contributed by atoms with Crippen LogP contribution in [0, 0.1) is 30.6 Å². The first-order chi connectivity index (χ1) is 11.5. The van der Waals surface area contributed by atoms with Gasteiger partial charge in [-0.05, 0) is 59.9 Å². The summed E-state index contributed by atoms with van der Waals surface area (Å²) in [4.78, 5) is 0. The number of hydrogen-bond acceptors (Lipinski definition) is 2. The van der Waals surface area contributed by atoms with Crippen molar-refractivity contribution in [2.45, 2.75) is 33.6 Å². The van der Waals surface area contributed by atoms with E-state index in [9.17, 15) is 0 Å². The number of ether oxygens (including phenoxy) is 2. The van der Waals surface area contributed by atoms with E-state index in [1.807, 2.05) is 19.1 Å². The highest BCUT2D eigenvalue weighted by atomic mass is 16.5. The molecule has 0 saturated heterocycles. The lowest BCUT2D eigenvalue weighted by Gasteiger charge is -2.12. The van der Waals surface area contributed by atoms with Gasteiger partial charge in [-0.25, -0.2) is 0 Å². The maximum absolute atomic E-state index is 5.75. The molecular formula is C22H26O2. The van der Waals surface area contributed by atoms with E-state index in [1.165, 1.54) is 5.56 Å². The Bertz CT molecular complexity index is 755. The second-order valence-corrected chi connectivity index (χ2v) is 5.91. The van der Waals surface area contributed by atoms with Crippen molar-refractivity contribution in [1.82, 2.24) is 0 Å². The van der Waals surface area contributed by atoms with Gasteiger partial charge in [0.25, 0.3) is 0 Å². The first-order valence-corrected chi connectivity index (χ1v) is 8.14. The van der Waals surface area contributed by atoms with Gasteiger partial charge in [-0.1, -0.05) is 38.3 Å². The Kier molecular flexibility index (Phi) is 8.31. The summed E-state index contributed by atoms with van der Waals surface area (Å²) in [5.41, 5.74) is 1.17. The van der Waals surface area contributed by atoms with Crippen molar-refractivity contribution < 1.29 is 9.47 Å². The maximum Gasteiger partial charge on any atom is 0.148 e. The zero-order valence-corrected chi connectivity index (χ0v) is 14.9. The van der Waals surface area contributed by atoms with E-state index in [0.717, 1.165) is 29.0 Å². The monoisotopic (exact) mass is 322 g/mol. The number of benzene rings is 1. The standard InChI is InChI=1S/C22H26O2/c1-7-12-23-18(6)14-21-16-22(24-13-8-2)20(11-10-17(4)5)15-19(21)9-3/h1-2,9,14-17H,6,10-13H2,3-5H3/b19-9-,21-14-. The largest absolute Gasteiger partial charge is 0.482 e. The van der Waals surface area contributed by atoms with Crippen LogP contribution in [0.15, 0.2) is 24.5 Å². The van der Waals surface area contributed by atoms with Gasteiger partial charge in [0.1, 0.15) is 24.7 Å². The molecule has 0 amide bonds.